The lowest BCUT2D eigenvalue weighted by molar-refractivity contribution is -0.139. The average Bonchev–Trinajstić information content (AvgIpc) is 3.14. The highest BCUT2D eigenvalue weighted by Crippen LogP contribution is 2.35. The molecular weight excluding hydrogens is 436 g/mol. The van der Waals surface area contributed by atoms with E-state index in [1.54, 1.807) is 18.2 Å². The van der Waals surface area contributed by atoms with Crippen molar-refractivity contribution >= 4 is 28.9 Å². The highest BCUT2D eigenvalue weighted by molar-refractivity contribution is 6.13. The standard InChI is InChI=1S/C26H22N2O6/c1-15-23(16-6-9-18(10-7-16)34-14-22(29)30)21-5-3-4-12-28(21)24(15)25(31)17-8-11-20(27)19(13-17)26(32)33-2/h3-13H,14,27H2,1-2H3,(H,29,30). The number of esters is 1. The van der Waals surface area contributed by atoms with Gasteiger partial charge in [-0.25, -0.2) is 9.59 Å². The summed E-state index contributed by atoms with van der Waals surface area (Å²) in [6.07, 6.45) is 1.81. The van der Waals surface area contributed by atoms with E-state index in [1.807, 2.05) is 47.9 Å². The van der Waals surface area contributed by atoms with Crippen LogP contribution in [0.15, 0.2) is 66.9 Å². The van der Waals surface area contributed by atoms with Gasteiger partial charge in [-0.3, -0.25) is 4.79 Å². The summed E-state index contributed by atoms with van der Waals surface area (Å²) in [4.78, 5) is 36.4. The lowest BCUT2D eigenvalue weighted by atomic mass is 9.98. The fourth-order valence-corrected chi connectivity index (χ4v) is 3.96. The Bertz CT molecular complexity index is 1420. The molecule has 3 N–H and O–H groups in total. The van der Waals surface area contributed by atoms with Crippen molar-refractivity contribution in [3.63, 3.8) is 0 Å². The monoisotopic (exact) mass is 458 g/mol. The quantitative estimate of drug-likeness (QED) is 0.244. The maximum Gasteiger partial charge on any atom is 0.341 e. The number of carboxylic acid groups (broad SMARTS) is 1. The topological polar surface area (TPSA) is 120 Å². The third kappa shape index (κ3) is 4.09. The number of aromatic nitrogens is 1. The van der Waals surface area contributed by atoms with E-state index in [9.17, 15) is 14.4 Å². The van der Waals surface area contributed by atoms with Crippen molar-refractivity contribution in [1.82, 2.24) is 4.40 Å². The molecule has 2 aromatic heterocycles. The first-order valence-electron chi connectivity index (χ1n) is 10.4. The Labute approximate surface area is 195 Å². The van der Waals surface area contributed by atoms with Crippen molar-refractivity contribution in [2.75, 3.05) is 19.5 Å². The Morgan fingerprint density at radius 2 is 1.76 bits per heavy atom. The van der Waals surface area contributed by atoms with E-state index in [2.05, 4.69) is 0 Å². The molecule has 0 fully saturated rings. The Hall–Kier alpha value is -4.59. The average molecular weight is 458 g/mol. The zero-order valence-electron chi connectivity index (χ0n) is 18.6. The van der Waals surface area contributed by atoms with Gasteiger partial charge in [-0.15, -0.1) is 0 Å². The van der Waals surface area contributed by atoms with E-state index in [-0.39, 0.29) is 17.0 Å². The zero-order chi connectivity index (χ0) is 24.4. The number of nitrogen functional groups attached to an aromatic ring is 1. The third-order valence-electron chi connectivity index (χ3n) is 5.53. The Morgan fingerprint density at radius 3 is 2.44 bits per heavy atom. The molecule has 172 valence electrons. The largest absolute Gasteiger partial charge is 0.482 e. The van der Waals surface area contributed by atoms with Crippen LogP contribution < -0.4 is 10.5 Å². The Kier molecular flexibility index (Phi) is 6.05. The summed E-state index contributed by atoms with van der Waals surface area (Å²) in [7, 11) is 1.26. The van der Waals surface area contributed by atoms with Crippen LogP contribution in [-0.2, 0) is 9.53 Å². The van der Waals surface area contributed by atoms with Crippen LogP contribution >= 0.6 is 0 Å². The summed E-state index contributed by atoms with van der Waals surface area (Å²) in [5.74, 6) is -1.51. The molecule has 8 nitrogen and oxygen atoms in total. The second-order valence-corrected chi connectivity index (χ2v) is 7.63. The fraction of sp³-hybridized carbons (Fsp3) is 0.115. The van der Waals surface area contributed by atoms with E-state index in [1.165, 1.54) is 19.2 Å². The highest BCUT2D eigenvalue weighted by atomic mass is 16.5. The smallest absolute Gasteiger partial charge is 0.341 e. The second-order valence-electron chi connectivity index (χ2n) is 7.63. The molecule has 0 radical (unpaired) electrons. The van der Waals surface area contributed by atoms with Gasteiger partial charge in [0.1, 0.15) is 5.75 Å². The minimum atomic E-state index is -1.06. The number of ether oxygens (including phenoxy) is 2. The number of anilines is 1. The number of hydrogen-bond donors (Lipinski definition) is 2. The van der Waals surface area contributed by atoms with Gasteiger partial charge in [0, 0.05) is 23.0 Å². The van der Waals surface area contributed by atoms with Gasteiger partial charge in [-0.05, 0) is 60.5 Å². The number of hydrogen-bond acceptors (Lipinski definition) is 6. The summed E-state index contributed by atoms with van der Waals surface area (Å²) in [5, 5.41) is 8.80. The van der Waals surface area contributed by atoms with Gasteiger partial charge < -0.3 is 24.7 Å². The number of nitrogens with zero attached hydrogens (tertiary/aromatic N) is 1. The van der Waals surface area contributed by atoms with Crippen LogP contribution in [0, 0.1) is 6.92 Å². The van der Waals surface area contributed by atoms with Gasteiger partial charge >= 0.3 is 11.9 Å². The number of fused-ring (bicyclic) bond motifs is 1. The highest BCUT2D eigenvalue weighted by Gasteiger charge is 2.24. The third-order valence-corrected chi connectivity index (χ3v) is 5.53. The molecule has 0 saturated heterocycles. The first kappa shape index (κ1) is 22.6. The molecule has 0 aliphatic carbocycles. The van der Waals surface area contributed by atoms with E-state index in [0.717, 1.165) is 22.2 Å². The molecule has 0 spiro atoms. The number of aliphatic carboxylic acids is 1. The van der Waals surface area contributed by atoms with Gasteiger partial charge in [0.05, 0.1) is 23.9 Å². The molecule has 0 aliphatic heterocycles. The summed E-state index contributed by atoms with van der Waals surface area (Å²) >= 11 is 0. The molecule has 2 aromatic carbocycles. The second kappa shape index (κ2) is 9.11. The Balaban J connectivity index is 1.81. The molecule has 4 rings (SSSR count). The van der Waals surface area contributed by atoms with Crippen LogP contribution in [0.1, 0.15) is 32.0 Å². The molecule has 0 aliphatic rings. The summed E-state index contributed by atoms with van der Waals surface area (Å²) < 4.78 is 11.8. The number of nitrogens with two attached hydrogens (primary N) is 1. The first-order valence-corrected chi connectivity index (χ1v) is 10.4. The van der Waals surface area contributed by atoms with Crippen LogP contribution in [0.2, 0.25) is 0 Å². The maximum absolute atomic E-state index is 13.6. The van der Waals surface area contributed by atoms with Gasteiger partial charge in [0.2, 0.25) is 5.78 Å². The first-order chi connectivity index (χ1) is 16.3. The summed E-state index contributed by atoms with van der Waals surface area (Å²) in [6.45, 7) is 1.43. The van der Waals surface area contributed by atoms with E-state index >= 15 is 0 Å². The predicted octanol–water partition coefficient (Wildman–Crippen LogP) is 3.98. The SMILES string of the molecule is COC(=O)c1cc(C(=O)c2c(C)c(-c3ccc(OCC(=O)O)cc3)c3ccccn23)ccc1N. The van der Waals surface area contributed by atoms with Crippen LogP contribution in [0.3, 0.4) is 0 Å². The normalized spacial score (nSPS) is 10.8. The lowest BCUT2D eigenvalue weighted by Gasteiger charge is -2.08. The Morgan fingerprint density at radius 1 is 1.03 bits per heavy atom. The van der Waals surface area contributed by atoms with Crippen molar-refractivity contribution in [2.24, 2.45) is 0 Å². The molecule has 34 heavy (non-hydrogen) atoms. The minimum absolute atomic E-state index is 0.129. The van der Waals surface area contributed by atoms with E-state index in [4.69, 9.17) is 20.3 Å². The number of ketones is 1. The molecule has 2 heterocycles. The number of methoxy groups -OCH3 is 1. The zero-order valence-corrected chi connectivity index (χ0v) is 18.6. The molecule has 0 atom stereocenters. The fourth-order valence-electron chi connectivity index (χ4n) is 3.96. The van der Waals surface area contributed by atoms with Crippen LogP contribution in [0.25, 0.3) is 16.6 Å². The lowest BCUT2D eigenvalue weighted by Crippen LogP contribution is -2.11. The van der Waals surface area contributed by atoms with Crippen molar-refractivity contribution in [1.29, 1.82) is 0 Å². The van der Waals surface area contributed by atoms with Crippen LogP contribution in [0.5, 0.6) is 5.75 Å². The number of carbonyl (C=O) groups excluding carboxylic acids is 2. The molecule has 0 unspecified atom stereocenters. The van der Waals surface area contributed by atoms with Gasteiger partial charge in [-0.1, -0.05) is 18.2 Å². The molecule has 8 heteroatoms. The molecule has 0 amide bonds. The number of carboxylic acids is 1. The minimum Gasteiger partial charge on any atom is -0.482 e. The number of carbonyl (C=O) groups is 3. The summed E-state index contributed by atoms with van der Waals surface area (Å²) in [6, 6.07) is 17.2. The van der Waals surface area contributed by atoms with Crippen LogP contribution in [0.4, 0.5) is 5.69 Å². The molecule has 0 saturated carbocycles. The van der Waals surface area contributed by atoms with Gasteiger partial charge in [0.25, 0.3) is 0 Å². The van der Waals surface area contributed by atoms with E-state index in [0.29, 0.717) is 17.0 Å². The predicted molar refractivity (Wildman–Crippen MR) is 126 cm³/mol. The molecule has 0 bridgehead atoms. The van der Waals surface area contributed by atoms with Gasteiger partial charge in [-0.2, -0.15) is 0 Å². The van der Waals surface area contributed by atoms with Crippen molar-refractivity contribution in [3.8, 4) is 16.9 Å². The van der Waals surface area contributed by atoms with Gasteiger partial charge in [0.15, 0.2) is 6.61 Å². The van der Waals surface area contributed by atoms with Crippen LogP contribution in [-0.4, -0.2) is 40.9 Å². The molecular formula is C26H22N2O6. The number of pyridine rings is 1. The summed E-state index contributed by atoms with van der Waals surface area (Å²) in [5.41, 5.74) is 10.3. The number of rotatable bonds is 7. The maximum atomic E-state index is 13.6. The molecule has 4 aromatic rings. The van der Waals surface area contributed by atoms with Crippen molar-refractivity contribution in [2.45, 2.75) is 6.92 Å². The number of benzene rings is 2. The van der Waals surface area contributed by atoms with Crippen molar-refractivity contribution < 1.29 is 29.0 Å². The van der Waals surface area contributed by atoms with Crippen molar-refractivity contribution in [3.05, 3.63) is 89.2 Å². The van der Waals surface area contributed by atoms with E-state index < -0.39 is 18.5 Å².